The molecule has 0 radical (unpaired) electrons. The Labute approximate surface area is 119 Å². The van der Waals surface area contributed by atoms with Crippen LogP contribution in [-0.2, 0) is 27.4 Å². The molecule has 5 nitrogen and oxygen atoms in total. The number of carboxylic acid groups (broad SMARTS) is 1. The Morgan fingerprint density at radius 2 is 2.00 bits per heavy atom. The third kappa shape index (κ3) is 5.01. The van der Waals surface area contributed by atoms with Gasteiger partial charge in [0.05, 0.1) is 18.9 Å². The number of nitrogens with zero attached hydrogens (tertiary/aromatic N) is 1. The molecule has 5 heteroatoms. The van der Waals surface area contributed by atoms with Crippen LogP contribution in [0.2, 0.25) is 0 Å². The molecule has 0 fully saturated rings. The van der Waals surface area contributed by atoms with Crippen molar-refractivity contribution >= 4 is 11.9 Å². The van der Waals surface area contributed by atoms with Crippen molar-refractivity contribution in [2.24, 2.45) is 5.92 Å². The quantitative estimate of drug-likeness (QED) is 0.822. The molecule has 20 heavy (non-hydrogen) atoms. The monoisotopic (exact) mass is 279 g/mol. The van der Waals surface area contributed by atoms with Gasteiger partial charge in [-0.15, -0.1) is 0 Å². The van der Waals surface area contributed by atoms with Gasteiger partial charge in [-0.2, -0.15) is 0 Å². The van der Waals surface area contributed by atoms with E-state index in [1.54, 1.807) is 21.1 Å². The summed E-state index contributed by atoms with van der Waals surface area (Å²) in [6.45, 7) is 2.31. The van der Waals surface area contributed by atoms with Crippen LogP contribution < -0.4 is 0 Å². The summed E-state index contributed by atoms with van der Waals surface area (Å²) < 4.78 is 5.05. The van der Waals surface area contributed by atoms with Gasteiger partial charge in [0, 0.05) is 20.7 Å². The highest BCUT2D eigenvalue weighted by atomic mass is 16.5. The van der Waals surface area contributed by atoms with Gasteiger partial charge in [-0.05, 0) is 11.1 Å². The molecule has 1 atom stereocenters. The second-order valence-electron chi connectivity index (χ2n) is 4.94. The molecular weight excluding hydrogens is 258 g/mol. The van der Waals surface area contributed by atoms with Gasteiger partial charge >= 0.3 is 5.97 Å². The zero-order chi connectivity index (χ0) is 15.1. The van der Waals surface area contributed by atoms with Crippen molar-refractivity contribution in [3.05, 3.63) is 35.4 Å². The lowest BCUT2D eigenvalue weighted by Crippen LogP contribution is -2.34. The van der Waals surface area contributed by atoms with Crippen LogP contribution in [0.25, 0.3) is 0 Å². The first kappa shape index (κ1) is 16.2. The molecule has 0 saturated heterocycles. The Hall–Kier alpha value is -1.88. The summed E-state index contributed by atoms with van der Waals surface area (Å²) in [7, 11) is 3.25. The summed E-state index contributed by atoms with van der Waals surface area (Å²) in [5.74, 6) is -1.55. The standard InChI is InChI=1S/C15H21NO4/c1-11(15(18)19)9-16(2)14(17)8-12-5-4-6-13(7-12)10-20-3/h4-7,11H,8-10H2,1-3H3,(H,18,19). The number of carbonyl (C=O) groups is 2. The second-order valence-corrected chi connectivity index (χ2v) is 4.94. The lowest BCUT2D eigenvalue weighted by atomic mass is 10.1. The number of aliphatic carboxylic acids is 1. The van der Waals surface area contributed by atoms with E-state index in [0.717, 1.165) is 11.1 Å². The number of ether oxygens (including phenoxy) is 1. The van der Waals surface area contributed by atoms with E-state index in [1.807, 2.05) is 24.3 Å². The Morgan fingerprint density at radius 3 is 2.60 bits per heavy atom. The fourth-order valence-corrected chi connectivity index (χ4v) is 1.90. The second kappa shape index (κ2) is 7.65. The molecule has 0 aliphatic heterocycles. The van der Waals surface area contributed by atoms with E-state index in [0.29, 0.717) is 6.61 Å². The van der Waals surface area contributed by atoms with Gasteiger partial charge < -0.3 is 14.7 Å². The van der Waals surface area contributed by atoms with Crippen molar-refractivity contribution < 1.29 is 19.4 Å². The number of rotatable bonds is 7. The summed E-state index contributed by atoms with van der Waals surface area (Å²) in [5.41, 5.74) is 1.92. The maximum atomic E-state index is 12.0. The minimum atomic E-state index is -0.897. The predicted octanol–water partition coefficient (Wildman–Crippen LogP) is 1.55. The predicted molar refractivity (Wildman–Crippen MR) is 75.3 cm³/mol. The normalized spacial score (nSPS) is 11.9. The highest BCUT2D eigenvalue weighted by molar-refractivity contribution is 5.79. The van der Waals surface area contributed by atoms with E-state index in [1.165, 1.54) is 4.90 Å². The summed E-state index contributed by atoms with van der Waals surface area (Å²) in [5, 5.41) is 8.85. The van der Waals surface area contributed by atoms with Gasteiger partial charge in [0.15, 0.2) is 0 Å². The topological polar surface area (TPSA) is 66.8 Å². The Kier molecular flexibility index (Phi) is 6.18. The summed E-state index contributed by atoms with van der Waals surface area (Å²) in [4.78, 5) is 24.3. The SMILES string of the molecule is COCc1cccc(CC(=O)N(C)CC(C)C(=O)O)c1. The third-order valence-corrected chi connectivity index (χ3v) is 3.05. The Morgan fingerprint density at radius 1 is 1.35 bits per heavy atom. The molecule has 1 aromatic rings. The molecule has 0 aliphatic carbocycles. The van der Waals surface area contributed by atoms with Crippen LogP contribution in [0.5, 0.6) is 0 Å². The third-order valence-electron chi connectivity index (χ3n) is 3.05. The smallest absolute Gasteiger partial charge is 0.308 e. The molecule has 0 bridgehead atoms. The van der Waals surface area contributed by atoms with Gasteiger partial charge in [-0.1, -0.05) is 31.2 Å². The lowest BCUT2D eigenvalue weighted by molar-refractivity contribution is -0.142. The van der Waals surface area contributed by atoms with Crippen molar-refractivity contribution in [2.75, 3.05) is 20.7 Å². The zero-order valence-corrected chi connectivity index (χ0v) is 12.1. The van der Waals surface area contributed by atoms with E-state index in [-0.39, 0.29) is 18.9 Å². The molecule has 0 aromatic heterocycles. The van der Waals surface area contributed by atoms with E-state index in [9.17, 15) is 9.59 Å². The lowest BCUT2D eigenvalue weighted by Gasteiger charge is -2.19. The first-order chi connectivity index (χ1) is 9.43. The van der Waals surface area contributed by atoms with Gasteiger partial charge in [-0.3, -0.25) is 9.59 Å². The molecule has 1 aromatic carbocycles. The fourth-order valence-electron chi connectivity index (χ4n) is 1.90. The number of carboxylic acids is 1. The van der Waals surface area contributed by atoms with E-state index in [2.05, 4.69) is 0 Å². The first-order valence-electron chi connectivity index (χ1n) is 6.47. The highest BCUT2D eigenvalue weighted by Gasteiger charge is 2.17. The molecular formula is C15H21NO4. The Balaban J connectivity index is 2.61. The molecule has 0 saturated carbocycles. The maximum absolute atomic E-state index is 12.0. The first-order valence-corrected chi connectivity index (χ1v) is 6.47. The van der Waals surface area contributed by atoms with Crippen LogP contribution in [-0.4, -0.2) is 42.6 Å². The summed E-state index contributed by atoms with van der Waals surface area (Å²) in [6, 6.07) is 7.63. The van der Waals surface area contributed by atoms with Gasteiger partial charge in [0.25, 0.3) is 0 Å². The minimum absolute atomic E-state index is 0.0901. The Bertz CT molecular complexity index is 473. The van der Waals surface area contributed by atoms with Crippen LogP contribution in [0.1, 0.15) is 18.1 Å². The average molecular weight is 279 g/mol. The maximum Gasteiger partial charge on any atom is 0.308 e. The fraction of sp³-hybridized carbons (Fsp3) is 0.467. The van der Waals surface area contributed by atoms with Gasteiger partial charge in [0.1, 0.15) is 0 Å². The van der Waals surface area contributed by atoms with E-state index < -0.39 is 11.9 Å². The molecule has 1 N–H and O–H groups in total. The van der Waals surface area contributed by atoms with Crippen LogP contribution in [0.15, 0.2) is 24.3 Å². The average Bonchev–Trinajstić information content (AvgIpc) is 2.39. The summed E-state index contributed by atoms with van der Waals surface area (Å²) in [6.07, 6.45) is 0.264. The molecule has 110 valence electrons. The van der Waals surface area contributed by atoms with E-state index >= 15 is 0 Å². The van der Waals surface area contributed by atoms with Crippen molar-refractivity contribution in [3.63, 3.8) is 0 Å². The number of carbonyl (C=O) groups excluding carboxylic acids is 1. The number of likely N-dealkylation sites (N-methyl/N-ethyl adjacent to an activating group) is 1. The van der Waals surface area contributed by atoms with Crippen molar-refractivity contribution in [1.29, 1.82) is 0 Å². The zero-order valence-electron chi connectivity index (χ0n) is 12.1. The molecule has 0 aliphatic rings. The molecule has 1 unspecified atom stereocenters. The largest absolute Gasteiger partial charge is 0.481 e. The van der Waals surface area contributed by atoms with E-state index in [4.69, 9.17) is 9.84 Å². The number of amides is 1. The van der Waals surface area contributed by atoms with Gasteiger partial charge in [-0.25, -0.2) is 0 Å². The molecule has 0 spiro atoms. The number of benzene rings is 1. The number of hydrogen-bond acceptors (Lipinski definition) is 3. The van der Waals surface area contributed by atoms with Crippen LogP contribution >= 0.6 is 0 Å². The van der Waals surface area contributed by atoms with Gasteiger partial charge in [0.2, 0.25) is 5.91 Å². The van der Waals surface area contributed by atoms with Crippen LogP contribution in [0.3, 0.4) is 0 Å². The highest BCUT2D eigenvalue weighted by Crippen LogP contribution is 2.09. The van der Waals surface area contributed by atoms with Crippen molar-refractivity contribution in [3.8, 4) is 0 Å². The van der Waals surface area contributed by atoms with Crippen LogP contribution in [0.4, 0.5) is 0 Å². The van der Waals surface area contributed by atoms with Crippen molar-refractivity contribution in [2.45, 2.75) is 20.0 Å². The number of methoxy groups -OCH3 is 1. The molecule has 1 amide bonds. The molecule has 0 heterocycles. The molecule has 1 rings (SSSR count). The van der Waals surface area contributed by atoms with Crippen molar-refractivity contribution in [1.82, 2.24) is 4.90 Å². The van der Waals surface area contributed by atoms with Crippen LogP contribution in [0, 0.1) is 5.92 Å². The minimum Gasteiger partial charge on any atom is -0.481 e. The summed E-state index contributed by atoms with van der Waals surface area (Å²) >= 11 is 0. The number of hydrogen-bond donors (Lipinski definition) is 1.